The maximum atomic E-state index is 9.11. The molecule has 0 aliphatic heterocycles. The lowest BCUT2D eigenvalue weighted by Crippen LogP contribution is -2.15. The van der Waals surface area contributed by atoms with Crippen molar-refractivity contribution in [2.24, 2.45) is 5.92 Å². The number of nitrogens with zero attached hydrogens (tertiary/aromatic N) is 1. The molecular formula is C12H19NO2. The van der Waals surface area contributed by atoms with E-state index in [0.29, 0.717) is 11.7 Å². The number of pyridine rings is 1. The third-order valence-electron chi connectivity index (χ3n) is 2.17. The standard InChI is InChI=1S/C12H19NO2/c1-9(2)6-10(3)15-12-7-13-5-4-11(12)8-14/h4-5,7,9-10,14H,6,8H2,1-3H3. The maximum Gasteiger partial charge on any atom is 0.143 e. The van der Waals surface area contributed by atoms with Gasteiger partial charge in [-0.3, -0.25) is 4.98 Å². The molecule has 1 aromatic heterocycles. The van der Waals surface area contributed by atoms with Crippen molar-refractivity contribution in [3.05, 3.63) is 24.0 Å². The predicted molar refractivity (Wildman–Crippen MR) is 59.7 cm³/mol. The molecule has 0 aliphatic carbocycles. The smallest absolute Gasteiger partial charge is 0.143 e. The summed E-state index contributed by atoms with van der Waals surface area (Å²) in [5.74, 6) is 1.29. The van der Waals surface area contributed by atoms with E-state index in [9.17, 15) is 0 Å². The Labute approximate surface area is 91.1 Å². The number of ether oxygens (including phenoxy) is 1. The van der Waals surface area contributed by atoms with E-state index in [4.69, 9.17) is 9.84 Å². The minimum absolute atomic E-state index is 0.00769. The molecule has 0 aromatic carbocycles. The molecule has 15 heavy (non-hydrogen) atoms. The SMILES string of the molecule is CC(C)CC(C)Oc1cnccc1CO. The average molecular weight is 209 g/mol. The van der Waals surface area contributed by atoms with Crippen LogP contribution in [-0.4, -0.2) is 16.2 Å². The van der Waals surface area contributed by atoms with Crippen LogP contribution in [0.5, 0.6) is 5.75 Å². The van der Waals surface area contributed by atoms with Gasteiger partial charge in [-0.05, 0) is 25.3 Å². The topological polar surface area (TPSA) is 42.4 Å². The molecule has 0 fully saturated rings. The highest BCUT2D eigenvalue weighted by Crippen LogP contribution is 2.19. The van der Waals surface area contributed by atoms with E-state index in [-0.39, 0.29) is 12.7 Å². The van der Waals surface area contributed by atoms with E-state index < -0.39 is 0 Å². The number of aliphatic hydroxyl groups excluding tert-OH is 1. The first-order valence-electron chi connectivity index (χ1n) is 5.34. The van der Waals surface area contributed by atoms with E-state index in [1.807, 2.05) is 6.92 Å². The molecule has 1 unspecified atom stereocenters. The van der Waals surface area contributed by atoms with Gasteiger partial charge in [0, 0.05) is 11.8 Å². The Hall–Kier alpha value is -1.09. The summed E-state index contributed by atoms with van der Waals surface area (Å²) in [7, 11) is 0. The van der Waals surface area contributed by atoms with Gasteiger partial charge in [0.2, 0.25) is 0 Å². The zero-order chi connectivity index (χ0) is 11.3. The summed E-state index contributed by atoms with van der Waals surface area (Å²) < 4.78 is 5.72. The highest BCUT2D eigenvalue weighted by molar-refractivity contribution is 5.29. The summed E-state index contributed by atoms with van der Waals surface area (Å²) in [6.45, 7) is 6.35. The molecule has 0 bridgehead atoms. The Kier molecular flexibility index (Phi) is 4.56. The fourth-order valence-electron chi connectivity index (χ4n) is 1.57. The molecule has 0 aliphatic rings. The van der Waals surface area contributed by atoms with Gasteiger partial charge < -0.3 is 9.84 Å². The van der Waals surface area contributed by atoms with Crippen LogP contribution in [-0.2, 0) is 6.61 Å². The third kappa shape index (κ3) is 3.88. The Balaban J connectivity index is 2.63. The molecule has 1 rings (SSSR count). The van der Waals surface area contributed by atoms with Gasteiger partial charge >= 0.3 is 0 Å². The Morgan fingerprint density at radius 3 is 2.73 bits per heavy atom. The Morgan fingerprint density at radius 2 is 2.13 bits per heavy atom. The molecule has 0 saturated heterocycles. The van der Waals surface area contributed by atoms with Gasteiger partial charge in [0.15, 0.2) is 0 Å². The van der Waals surface area contributed by atoms with E-state index in [1.165, 1.54) is 0 Å². The number of aromatic nitrogens is 1. The lowest BCUT2D eigenvalue weighted by atomic mass is 10.1. The van der Waals surface area contributed by atoms with Crippen LogP contribution >= 0.6 is 0 Å². The molecule has 1 aromatic rings. The van der Waals surface area contributed by atoms with Crippen molar-refractivity contribution >= 4 is 0 Å². The lowest BCUT2D eigenvalue weighted by molar-refractivity contribution is 0.184. The molecule has 1 atom stereocenters. The zero-order valence-corrected chi connectivity index (χ0v) is 9.60. The van der Waals surface area contributed by atoms with Crippen LogP contribution in [0.25, 0.3) is 0 Å². The summed E-state index contributed by atoms with van der Waals surface area (Å²) in [6.07, 6.45) is 4.47. The fourth-order valence-corrected chi connectivity index (χ4v) is 1.57. The number of rotatable bonds is 5. The van der Waals surface area contributed by atoms with E-state index in [0.717, 1.165) is 12.0 Å². The molecule has 0 spiro atoms. The first kappa shape index (κ1) is 12.0. The van der Waals surface area contributed by atoms with Gasteiger partial charge in [0.05, 0.1) is 18.9 Å². The quantitative estimate of drug-likeness (QED) is 0.809. The summed E-state index contributed by atoms with van der Waals surface area (Å²) in [5, 5.41) is 9.11. The van der Waals surface area contributed by atoms with Crippen molar-refractivity contribution in [1.29, 1.82) is 0 Å². The number of hydrogen-bond donors (Lipinski definition) is 1. The van der Waals surface area contributed by atoms with Crippen LogP contribution in [0, 0.1) is 5.92 Å². The summed E-state index contributed by atoms with van der Waals surface area (Å²) in [5.41, 5.74) is 0.792. The van der Waals surface area contributed by atoms with Crippen LogP contribution < -0.4 is 4.74 Å². The molecule has 0 radical (unpaired) electrons. The Bertz CT molecular complexity index is 299. The highest BCUT2D eigenvalue weighted by Gasteiger charge is 2.09. The normalized spacial score (nSPS) is 12.9. The van der Waals surface area contributed by atoms with Crippen molar-refractivity contribution in [2.45, 2.75) is 39.9 Å². The van der Waals surface area contributed by atoms with Gasteiger partial charge in [-0.2, -0.15) is 0 Å². The van der Waals surface area contributed by atoms with Crippen LogP contribution in [0.15, 0.2) is 18.5 Å². The van der Waals surface area contributed by atoms with Crippen molar-refractivity contribution in [1.82, 2.24) is 4.98 Å². The molecule has 1 heterocycles. The van der Waals surface area contributed by atoms with Gasteiger partial charge in [-0.25, -0.2) is 0 Å². The fraction of sp³-hybridized carbons (Fsp3) is 0.583. The monoisotopic (exact) mass is 209 g/mol. The zero-order valence-electron chi connectivity index (χ0n) is 9.60. The van der Waals surface area contributed by atoms with E-state index >= 15 is 0 Å². The molecule has 3 heteroatoms. The second kappa shape index (κ2) is 5.71. The van der Waals surface area contributed by atoms with Crippen LogP contribution in [0.4, 0.5) is 0 Å². The van der Waals surface area contributed by atoms with Crippen LogP contribution in [0.3, 0.4) is 0 Å². The molecule has 1 N–H and O–H groups in total. The van der Waals surface area contributed by atoms with Gasteiger partial charge in [-0.1, -0.05) is 13.8 Å². The van der Waals surface area contributed by atoms with Crippen molar-refractivity contribution in [3.63, 3.8) is 0 Å². The first-order valence-corrected chi connectivity index (χ1v) is 5.34. The van der Waals surface area contributed by atoms with E-state index in [2.05, 4.69) is 18.8 Å². The van der Waals surface area contributed by atoms with Crippen LogP contribution in [0.2, 0.25) is 0 Å². The van der Waals surface area contributed by atoms with Crippen molar-refractivity contribution < 1.29 is 9.84 Å². The van der Waals surface area contributed by atoms with Crippen molar-refractivity contribution in [3.8, 4) is 5.75 Å². The Morgan fingerprint density at radius 1 is 1.40 bits per heavy atom. The number of hydrogen-bond acceptors (Lipinski definition) is 3. The number of aliphatic hydroxyl groups is 1. The van der Waals surface area contributed by atoms with E-state index in [1.54, 1.807) is 18.5 Å². The maximum absolute atomic E-state index is 9.11. The molecule has 84 valence electrons. The summed E-state index contributed by atoms with van der Waals surface area (Å²) in [4.78, 5) is 3.99. The predicted octanol–water partition coefficient (Wildman–Crippen LogP) is 2.39. The minimum atomic E-state index is -0.00769. The summed E-state index contributed by atoms with van der Waals surface area (Å²) in [6, 6.07) is 1.78. The lowest BCUT2D eigenvalue weighted by Gasteiger charge is -2.17. The average Bonchev–Trinajstić information content (AvgIpc) is 2.17. The second-order valence-electron chi connectivity index (χ2n) is 4.20. The minimum Gasteiger partial charge on any atom is -0.489 e. The highest BCUT2D eigenvalue weighted by atomic mass is 16.5. The summed E-state index contributed by atoms with van der Waals surface area (Å²) >= 11 is 0. The molecular weight excluding hydrogens is 190 g/mol. The van der Waals surface area contributed by atoms with Gasteiger partial charge in [0.25, 0.3) is 0 Å². The largest absolute Gasteiger partial charge is 0.489 e. The third-order valence-corrected chi connectivity index (χ3v) is 2.17. The van der Waals surface area contributed by atoms with Gasteiger partial charge in [-0.15, -0.1) is 0 Å². The first-order chi connectivity index (χ1) is 7.13. The molecule has 3 nitrogen and oxygen atoms in total. The molecule has 0 amide bonds. The van der Waals surface area contributed by atoms with Crippen LogP contribution in [0.1, 0.15) is 32.8 Å². The molecule has 0 saturated carbocycles. The van der Waals surface area contributed by atoms with Crippen molar-refractivity contribution in [2.75, 3.05) is 0 Å². The van der Waals surface area contributed by atoms with Gasteiger partial charge in [0.1, 0.15) is 5.75 Å². The second-order valence-corrected chi connectivity index (χ2v) is 4.20.